The number of hydrogen-bond acceptors (Lipinski definition) is 2. The summed E-state index contributed by atoms with van der Waals surface area (Å²) in [5.74, 6) is 0.721. The van der Waals surface area contributed by atoms with Gasteiger partial charge in [0, 0.05) is 27.6 Å². The minimum absolute atomic E-state index is 0.721. The predicted molar refractivity (Wildman–Crippen MR) is 242 cm³/mol. The monoisotopic (exact) mass is 727 g/mol. The van der Waals surface area contributed by atoms with Crippen LogP contribution in [0.1, 0.15) is 29.5 Å². The summed E-state index contributed by atoms with van der Waals surface area (Å²) < 4.78 is 2.38. The van der Waals surface area contributed by atoms with E-state index < -0.39 is 0 Å². The van der Waals surface area contributed by atoms with Gasteiger partial charge in [0.2, 0.25) is 0 Å². The van der Waals surface area contributed by atoms with Crippen LogP contribution in [0, 0.1) is 0 Å². The molecule has 1 aliphatic heterocycles. The van der Waals surface area contributed by atoms with E-state index in [1.54, 1.807) is 0 Å². The van der Waals surface area contributed by atoms with Gasteiger partial charge in [-0.2, -0.15) is 0 Å². The molecular formula is C54H37N3. The van der Waals surface area contributed by atoms with E-state index >= 15 is 0 Å². The van der Waals surface area contributed by atoms with Gasteiger partial charge in [-0.05, 0) is 98.2 Å². The topological polar surface area (TPSA) is 29.6 Å². The van der Waals surface area contributed by atoms with Crippen molar-refractivity contribution in [3.05, 3.63) is 217 Å². The van der Waals surface area contributed by atoms with E-state index in [-0.39, 0.29) is 0 Å². The SMILES string of the molecule is C1=C(/c2cccc(-c3cccc(-n4c5ccccc5c5ccccc54)c3)c2)N=C(c2ccccc2)N=C(c2ccc3c4ccccc4c4ccccc4c3c2)CC/1. The maximum absolute atomic E-state index is 5.39. The Hall–Kier alpha value is -7.36. The highest BCUT2D eigenvalue weighted by Gasteiger charge is 2.17. The number of fused-ring (bicyclic) bond motifs is 9. The van der Waals surface area contributed by atoms with E-state index in [4.69, 9.17) is 9.98 Å². The maximum Gasteiger partial charge on any atom is 0.160 e. The lowest BCUT2D eigenvalue weighted by Gasteiger charge is -2.16. The lowest BCUT2D eigenvalue weighted by atomic mass is 9.92. The highest BCUT2D eigenvalue weighted by atomic mass is 15.0. The van der Waals surface area contributed by atoms with E-state index in [0.29, 0.717) is 0 Å². The van der Waals surface area contributed by atoms with Crippen LogP contribution in [0.3, 0.4) is 0 Å². The Bertz CT molecular complexity index is 3200. The van der Waals surface area contributed by atoms with Gasteiger partial charge in [-0.1, -0.05) is 164 Å². The van der Waals surface area contributed by atoms with Crippen LogP contribution in [0.2, 0.25) is 0 Å². The van der Waals surface area contributed by atoms with E-state index in [0.717, 1.165) is 63.6 Å². The van der Waals surface area contributed by atoms with Crippen LogP contribution in [0.15, 0.2) is 210 Å². The molecule has 3 nitrogen and oxygen atoms in total. The van der Waals surface area contributed by atoms with Crippen molar-refractivity contribution in [2.45, 2.75) is 12.8 Å². The van der Waals surface area contributed by atoms with E-state index in [1.807, 2.05) is 6.07 Å². The zero-order valence-corrected chi connectivity index (χ0v) is 31.3. The van der Waals surface area contributed by atoms with Crippen molar-refractivity contribution >= 4 is 71.4 Å². The molecule has 0 atom stereocenters. The summed E-state index contributed by atoms with van der Waals surface area (Å²) >= 11 is 0. The largest absolute Gasteiger partial charge is 0.309 e. The Kier molecular flexibility index (Phi) is 7.96. The molecule has 0 saturated carbocycles. The second kappa shape index (κ2) is 13.7. The van der Waals surface area contributed by atoms with Crippen molar-refractivity contribution < 1.29 is 0 Å². The number of rotatable bonds is 5. The van der Waals surface area contributed by atoms with Crippen molar-refractivity contribution in [1.29, 1.82) is 0 Å². The molecule has 0 unspecified atom stereocenters. The van der Waals surface area contributed by atoms with Gasteiger partial charge in [0.1, 0.15) is 0 Å². The first kappa shape index (κ1) is 33.0. The normalized spacial score (nSPS) is 14.4. The molecule has 2 heterocycles. The van der Waals surface area contributed by atoms with Gasteiger partial charge in [-0.25, -0.2) is 9.98 Å². The van der Waals surface area contributed by atoms with Crippen LogP contribution in [0.25, 0.3) is 76.6 Å². The average molecular weight is 728 g/mol. The van der Waals surface area contributed by atoms with Crippen LogP contribution in [-0.2, 0) is 0 Å². The van der Waals surface area contributed by atoms with E-state index in [1.165, 1.54) is 54.1 Å². The first-order valence-electron chi connectivity index (χ1n) is 19.7. The van der Waals surface area contributed by atoms with Gasteiger partial charge in [0.05, 0.1) is 22.4 Å². The Morgan fingerprint density at radius 2 is 0.877 bits per heavy atom. The van der Waals surface area contributed by atoms with E-state index in [2.05, 4.69) is 199 Å². The molecule has 57 heavy (non-hydrogen) atoms. The number of aliphatic imine (C=N–C) groups is 2. The number of nitrogens with zero attached hydrogens (tertiary/aromatic N) is 3. The van der Waals surface area contributed by atoms with Gasteiger partial charge in [-0.3, -0.25) is 0 Å². The fraction of sp³-hybridized carbons (Fsp3) is 0.0370. The lowest BCUT2D eigenvalue weighted by molar-refractivity contribution is 1.09. The van der Waals surface area contributed by atoms with Crippen LogP contribution in [-0.4, -0.2) is 16.1 Å². The Morgan fingerprint density at radius 3 is 1.56 bits per heavy atom. The Balaban J connectivity index is 0.997. The van der Waals surface area contributed by atoms with E-state index in [9.17, 15) is 0 Å². The van der Waals surface area contributed by atoms with Gasteiger partial charge < -0.3 is 4.57 Å². The van der Waals surface area contributed by atoms with Gasteiger partial charge in [-0.15, -0.1) is 0 Å². The Morgan fingerprint density at radius 1 is 0.351 bits per heavy atom. The van der Waals surface area contributed by atoms with Crippen LogP contribution in [0.5, 0.6) is 0 Å². The smallest absolute Gasteiger partial charge is 0.160 e. The molecule has 268 valence electrons. The Labute approximate surface area is 331 Å². The summed E-state index contributed by atoms with van der Waals surface area (Å²) in [7, 11) is 0. The standard InChI is InChI=1S/C54H37N3/c1-2-15-36(16-3-1)54-55-50(27-14-28-51(56-54)40-31-32-46-44-23-5-4-21-42(44)43-22-6-7-24-45(43)49(46)35-40)39-19-12-17-37(33-39)38-18-13-20-41(34-38)57-52-29-10-8-25-47(52)48-26-9-11-30-53(48)57/h1-13,15-27,29-35H,14,28H2/b50-27-,55-54?,56-51?. The van der Waals surface area contributed by atoms with Crippen molar-refractivity contribution in [1.82, 2.24) is 4.57 Å². The van der Waals surface area contributed by atoms with Gasteiger partial charge in [0.25, 0.3) is 0 Å². The molecule has 0 fully saturated rings. The number of amidine groups is 1. The summed E-state index contributed by atoms with van der Waals surface area (Å²) in [6, 6.07) is 69.7. The number of para-hydroxylation sites is 2. The molecule has 3 heteroatoms. The molecule has 0 N–H and O–H groups in total. The van der Waals surface area contributed by atoms with Gasteiger partial charge >= 0.3 is 0 Å². The minimum atomic E-state index is 0.721. The van der Waals surface area contributed by atoms with Crippen molar-refractivity contribution in [2.24, 2.45) is 9.98 Å². The molecule has 11 rings (SSSR count). The molecule has 1 aliphatic rings. The highest BCUT2D eigenvalue weighted by Crippen LogP contribution is 2.37. The fourth-order valence-electron chi connectivity index (χ4n) is 8.79. The lowest BCUT2D eigenvalue weighted by Crippen LogP contribution is -2.09. The molecule has 0 radical (unpaired) electrons. The fourth-order valence-corrected chi connectivity index (χ4v) is 8.79. The molecule has 10 aromatic rings. The zero-order chi connectivity index (χ0) is 37.7. The average Bonchev–Trinajstić information content (AvgIpc) is 3.61. The van der Waals surface area contributed by atoms with Crippen LogP contribution >= 0.6 is 0 Å². The predicted octanol–water partition coefficient (Wildman–Crippen LogP) is 14.0. The van der Waals surface area contributed by atoms with Crippen LogP contribution < -0.4 is 0 Å². The first-order chi connectivity index (χ1) is 28.3. The maximum atomic E-state index is 5.39. The van der Waals surface area contributed by atoms with Gasteiger partial charge in [0.15, 0.2) is 5.84 Å². The third-order valence-corrected chi connectivity index (χ3v) is 11.5. The first-order valence-corrected chi connectivity index (χ1v) is 19.7. The second-order valence-electron chi connectivity index (χ2n) is 14.8. The third kappa shape index (κ3) is 5.75. The second-order valence-corrected chi connectivity index (χ2v) is 14.8. The molecule has 0 amide bonds. The summed E-state index contributed by atoms with van der Waals surface area (Å²) in [6.07, 6.45) is 3.91. The summed E-state index contributed by atoms with van der Waals surface area (Å²) in [5, 5.41) is 10.1. The summed E-state index contributed by atoms with van der Waals surface area (Å²) in [4.78, 5) is 10.7. The molecule has 0 spiro atoms. The molecule has 0 aliphatic carbocycles. The zero-order valence-electron chi connectivity index (χ0n) is 31.3. The molecule has 0 bridgehead atoms. The molecule has 0 saturated heterocycles. The number of hydrogen-bond donors (Lipinski definition) is 0. The molecular weight excluding hydrogens is 691 g/mol. The highest BCUT2D eigenvalue weighted by molar-refractivity contribution is 6.26. The quantitative estimate of drug-likeness (QED) is 0.158. The number of benzene rings is 9. The minimum Gasteiger partial charge on any atom is -0.309 e. The van der Waals surface area contributed by atoms with Crippen molar-refractivity contribution in [3.8, 4) is 16.8 Å². The van der Waals surface area contributed by atoms with Crippen molar-refractivity contribution in [3.63, 3.8) is 0 Å². The summed E-state index contributed by atoms with van der Waals surface area (Å²) in [5.41, 5.74) is 11.0. The van der Waals surface area contributed by atoms with Crippen LogP contribution in [0.4, 0.5) is 0 Å². The third-order valence-electron chi connectivity index (χ3n) is 11.5. The number of aromatic nitrogens is 1. The number of allylic oxidation sites excluding steroid dienone is 1. The summed E-state index contributed by atoms with van der Waals surface area (Å²) in [6.45, 7) is 0. The van der Waals surface area contributed by atoms with Crippen molar-refractivity contribution in [2.75, 3.05) is 0 Å². The molecule has 1 aromatic heterocycles. The molecule has 9 aromatic carbocycles.